The summed E-state index contributed by atoms with van der Waals surface area (Å²) >= 11 is 0. The van der Waals surface area contributed by atoms with Gasteiger partial charge in [0.1, 0.15) is 6.29 Å². The largest absolute Gasteiger partial charge is 0.298 e. The zero-order chi connectivity index (χ0) is 10.2. The van der Waals surface area contributed by atoms with Gasteiger partial charge in [-0.25, -0.2) is 0 Å². The minimum Gasteiger partial charge on any atom is -0.298 e. The number of carbonyl (C=O) groups is 1. The molecule has 1 aromatic carbocycles. The first-order valence-electron chi connectivity index (χ1n) is 4.91. The monoisotopic (exact) mass is 186 g/mol. The molecule has 0 aliphatic heterocycles. The van der Waals surface area contributed by atoms with E-state index in [1.807, 2.05) is 12.1 Å². The lowest BCUT2D eigenvalue weighted by Crippen LogP contribution is -1.79. The molecule has 0 spiro atoms. The highest BCUT2D eigenvalue weighted by Gasteiger charge is 1.88. The molecule has 0 N–H and O–H groups in total. The van der Waals surface area contributed by atoms with Crippen LogP contribution in [0.4, 0.5) is 0 Å². The second-order valence-electron chi connectivity index (χ2n) is 3.15. The molecular weight excluding hydrogens is 172 g/mol. The highest BCUT2D eigenvalue weighted by atomic mass is 16.1. The minimum absolute atomic E-state index is 0.698. The van der Waals surface area contributed by atoms with Gasteiger partial charge < -0.3 is 0 Å². The van der Waals surface area contributed by atoms with E-state index in [1.54, 1.807) is 12.1 Å². The molecule has 0 aliphatic carbocycles. The van der Waals surface area contributed by atoms with Crippen molar-refractivity contribution in [2.45, 2.75) is 26.2 Å². The third kappa shape index (κ3) is 3.45. The summed E-state index contributed by atoms with van der Waals surface area (Å²) in [6.45, 7) is 2.15. The number of benzene rings is 1. The Morgan fingerprint density at radius 1 is 1.29 bits per heavy atom. The summed E-state index contributed by atoms with van der Waals surface area (Å²) in [6.07, 6.45) is 4.12. The zero-order valence-electron chi connectivity index (χ0n) is 8.42. The van der Waals surface area contributed by atoms with Gasteiger partial charge in [-0.3, -0.25) is 4.79 Å². The molecule has 1 nitrogen and oxygen atoms in total. The fourth-order valence-electron chi connectivity index (χ4n) is 1.07. The molecule has 14 heavy (non-hydrogen) atoms. The van der Waals surface area contributed by atoms with Crippen molar-refractivity contribution in [3.05, 3.63) is 35.4 Å². The maximum atomic E-state index is 10.4. The van der Waals surface area contributed by atoms with E-state index in [0.29, 0.717) is 5.56 Å². The smallest absolute Gasteiger partial charge is 0.150 e. The van der Waals surface area contributed by atoms with Crippen molar-refractivity contribution >= 4 is 6.29 Å². The first-order chi connectivity index (χ1) is 6.86. The van der Waals surface area contributed by atoms with Crippen LogP contribution in [0.2, 0.25) is 0 Å². The van der Waals surface area contributed by atoms with Crippen LogP contribution in [0.25, 0.3) is 0 Å². The van der Waals surface area contributed by atoms with E-state index >= 15 is 0 Å². The molecule has 0 aromatic heterocycles. The van der Waals surface area contributed by atoms with Gasteiger partial charge in [0.05, 0.1) is 0 Å². The van der Waals surface area contributed by atoms with Crippen LogP contribution in [0.15, 0.2) is 24.3 Å². The Balaban J connectivity index is 2.57. The lowest BCUT2D eigenvalue weighted by Gasteiger charge is -1.90. The van der Waals surface area contributed by atoms with Gasteiger partial charge in [-0.15, -0.1) is 0 Å². The van der Waals surface area contributed by atoms with Gasteiger partial charge >= 0.3 is 0 Å². The minimum atomic E-state index is 0.698. The van der Waals surface area contributed by atoms with Gasteiger partial charge in [-0.05, 0) is 18.6 Å². The van der Waals surface area contributed by atoms with Crippen molar-refractivity contribution in [1.82, 2.24) is 0 Å². The van der Waals surface area contributed by atoms with E-state index in [4.69, 9.17) is 0 Å². The molecule has 1 heteroatoms. The van der Waals surface area contributed by atoms with E-state index < -0.39 is 0 Å². The summed E-state index contributed by atoms with van der Waals surface area (Å²) < 4.78 is 0. The number of carbonyl (C=O) groups excluding carboxylic acids is 1. The van der Waals surface area contributed by atoms with E-state index in [0.717, 1.165) is 24.7 Å². The molecule has 1 rings (SSSR count). The summed E-state index contributed by atoms with van der Waals surface area (Å²) in [5.74, 6) is 6.17. The van der Waals surface area contributed by atoms with Crippen LogP contribution in [0.1, 0.15) is 42.1 Å². The Labute approximate surface area is 85.1 Å². The van der Waals surface area contributed by atoms with Gasteiger partial charge in [0.15, 0.2) is 0 Å². The number of aldehydes is 1. The molecule has 0 radical (unpaired) electrons. The van der Waals surface area contributed by atoms with E-state index in [9.17, 15) is 4.79 Å². The Morgan fingerprint density at radius 3 is 2.57 bits per heavy atom. The predicted octanol–water partition coefficient (Wildman–Crippen LogP) is 3.04. The van der Waals surface area contributed by atoms with Gasteiger partial charge in [-0.2, -0.15) is 0 Å². The van der Waals surface area contributed by atoms with E-state index in [-0.39, 0.29) is 0 Å². The Bertz CT molecular complexity index is 338. The van der Waals surface area contributed by atoms with Crippen molar-refractivity contribution < 1.29 is 4.79 Å². The molecule has 0 aliphatic rings. The maximum Gasteiger partial charge on any atom is 0.150 e. The molecule has 0 saturated carbocycles. The second-order valence-corrected chi connectivity index (χ2v) is 3.15. The second kappa shape index (κ2) is 5.99. The molecular formula is C13H14O. The zero-order valence-corrected chi connectivity index (χ0v) is 8.42. The summed E-state index contributed by atoms with van der Waals surface area (Å²) in [7, 11) is 0. The van der Waals surface area contributed by atoms with Crippen LogP contribution in [-0.2, 0) is 0 Å². The third-order valence-electron chi connectivity index (χ3n) is 1.93. The maximum absolute atomic E-state index is 10.4. The van der Waals surface area contributed by atoms with Crippen molar-refractivity contribution in [3.8, 4) is 11.8 Å². The number of rotatable bonds is 3. The lowest BCUT2D eigenvalue weighted by atomic mass is 10.1. The summed E-state index contributed by atoms with van der Waals surface area (Å²) in [4.78, 5) is 10.4. The van der Waals surface area contributed by atoms with Crippen molar-refractivity contribution in [2.24, 2.45) is 0 Å². The van der Waals surface area contributed by atoms with Gasteiger partial charge in [0, 0.05) is 17.5 Å². The number of hydrogen-bond acceptors (Lipinski definition) is 1. The highest BCUT2D eigenvalue weighted by molar-refractivity contribution is 5.74. The van der Waals surface area contributed by atoms with Crippen LogP contribution in [-0.4, -0.2) is 6.29 Å². The highest BCUT2D eigenvalue weighted by Crippen LogP contribution is 2.01. The normalized spacial score (nSPS) is 8.93. The van der Waals surface area contributed by atoms with Crippen LogP contribution >= 0.6 is 0 Å². The fraction of sp³-hybridized carbons (Fsp3) is 0.308. The van der Waals surface area contributed by atoms with Crippen LogP contribution in [0.5, 0.6) is 0 Å². The van der Waals surface area contributed by atoms with E-state index in [2.05, 4.69) is 18.8 Å². The quantitative estimate of drug-likeness (QED) is 0.403. The average molecular weight is 186 g/mol. The van der Waals surface area contributed by atoms with E-state index in [1.165, 1.54) is 6.42 Å². The standard InChI is InChI=1S/C13H14O/c1-2-3-4-5-6-12-7-9-13(11-14)10-8-12/h7-11H,2-4H2,1H3. The first kappa shape index (κ1) is 10.5. The Hall–Kier alpha value is -1.55. The average Bonchev–Trinajstić information content (AvgIpc) is 2.25. The Morgan fingerprint density at radius 2 is 2.00 bits per heavy atom. The Kier molecular flexibility index (Phi) is 4.50. The SMILES string of the molecule is CCCCC#Cc1ccc(C=O)cc1. The molecule has 1 aromatic rings. The summed E-state index contributed by atoms with van der Waals surface area (Å²) in [5, 5.41) is 0. The van der Waals surface area contributed by atoms with Crippen molar-refractivity contribution in [3.63, 3.8) is 0 Å². The van der Waals surface area contributed by atoms with Gasteiger partial charge in [0.25, 0.3) is 0 Å². The number of hydrogen-bond donors (Lipinski definition) is 0. The molecule has 0 bridgehead atoms. The van der Waals surface area contributed by atoms with Gasteiger partial charge in [-0.1, -0.05) is 37.3 Å². The van der Waals surface area contributed by atoms with Crippen molar-refractivity contribution in [1.29, 1.82) is 0 Å². The predicted molar refractivity (Wildman–Crippen MR) is 58.2 cm³/mol. The fourth-order valence-corrected chi connectivity index (χ4v) is 1.07. The van der Waals surface area contributed by atoms with Crippen LogP contribution in [0, 0.1) is 11.8 Å². The summed E-state index contributed by atoms with van der Waals surface area (Å²) in [5.41, 5.74) is 1.68. The number of unbranched alkanes of at least 4 members (excludes halogenated alkanes) is 2. The first-order valence-corrected chi connectivity index (χ1v) is 4.91. The topological polar surface area (TPSA) is 17.1 Å². The molecule has 0 heterocycles. The molecule has 0 amide bonds. The molecule has 0 fully saturated rings. The molecule has 0 saturated heterocycles. The van der Waals surface area contributed by atoms with Gasteiger partial charge in [0.2, 0.25) is 0 Å². The third-order valence-corrected chi connectivity index (χ3v) is 1.93. The molecule has 72 valence electrons. The molecule has 0 atom stereocenters. The molecule has 0 unspecified atom stereocenters. The summed E-state index contributed by atoms with van der Waals surface area (Å²) in [6, 6.07) is 7.33. The lowest BCUT2D eigenvalue weighted by molar-refractivity contribution is 0.112. The van der Waals surface area contributed by atoms with Crippen molar-refractivity contribution in [2.75, 3.05) is 0 Å². The van der Waals surface area contributed by atoms with Crippen LogP contribution in [0.3, 0.4) is 0 Å². The van der Waals surface area contributed by atoms with Crippen LogP contribution < -0.4 is 0 Å².